The molecule has 130 valence electrons. The Balaban J connectivity index is 1.49. The summed E-state index contributed by atoms with van der Waals surface area (Å²) in [7, 11) is 0. The van der Waals surface area contributed by atoms with E-state index < -0.39 is 17.3 Å². The maximum absolute atomic E-state index is 12.9. The van der Waals surface area contributed by atoms with Crippen LogP contribution in [0.5, 0.6) is 0 Å². The summed E-state index contributed by atoms with van der Waals surface area (Å²) in [4.78, 5) is 37.4. The number of carbonyl (C=O) groups is 2. The van der Waals surface area contributed by atoms with Crippen LogP contribution in [0.3, 0.4) is 0 Å². The van der Waals surface area contributed by atoms with Gasteiger partial charge in [0, 0.05) is 26.2 Å². The summed E-state index contributed by atoms with van der Waals surface area (Å²) in [6.45, 7) is 1.77. The monoisotopic (exact) mass is 358 g/mol. The van der Waals surface area contributed by atoms with E-state index in [2.05, 4.69) is 9.97 Å². The Kier molecular flexibility index (Phi) is 3.10. The normalized spacial score (nSPS) is 28.8. The van der Waals surface area contributed by atoms with Crippen molar-refractivity contribution in [3.63, 3.8) is 0 Å². The van der Waals surface area contributed by atoms with Gasteiger partial charge in [-0.15, -0.1) is 11.3 Å². The molecule has 1 aliphatic carbocycles. The highest BCUT2D eigenvalue weighted by atomic mass is 32.1. The van der Waals surface area contributed by atoms with Crippen LogP contribution < -0.4 is 4.90 Å². The van der Waals surface area contributed by atoms with Gasteiger partial charge < -0.3 is 14.9 Å². The van der Waals surface area contributed by atoms with E-state index >= 15 is 0 Å². The molecule has 3 aliphatic rings. The number of amides is 1. The van der Waals surface area contributed by atoms with Gasteiger partial charge in [0.25, 0.3) is 0 Å². The lowest BCUT2D eigenvalue weighted by Crippen LogP contribution is -2.41. The fourth-order valence-corrected chi connectivity index (χ4v) is 5.10. The molecule has 7 nitrogen and oxygen atoms in total. The topological polar surface area (TPSA) is 86.6 Å². The van der Waals surface area contributed by atoms with Crippen molar-refractivity contribution >= 4 is 39.2 Å². The first-order valence-corrected chi connectivity index (χ1v) is 9.42. The molecule has 0 unspecified atom stereocenters. The van der Waals surface area contributed by atoms with Crippen molar-refractivity contribution in [3.8, 4) is 0 Å². The summed E-state index contributed by atoms with van der Waals surface area (Å²) in [6.07, 6.45) is 3.81. The van der Waals surface area contributed by atoms with Crippen LogP contribution in [-0.4, -0.2) is 58.0 Å². The Morgan fingerprint density at radius 2 is 2.20 bits per heavy atom. The Morgan fingerprint density at radius 1 is 1.36 bits per heavy atom. The molecule has 0 spiro atoms. The minimum atomic E-state index is -1.03. The Morgan fingerprint density at radius 3 is 2.92 bits per heavy atom. The average molecular weight is 358 g/mol. The molecular weight excluding hydrogens is 340 g/mol. The van der Waals surface area contributed by atoms with Gasteiger partial charge in [0.2, 0.25) is 5.91 Å². The van der Waals surface area contributed by atoms with Crippen LogP contribution in [0.2, 0.25) is 0 Å². The molecule has 2 saturated heterocycles. The maximum atomic E-state index is 12.9. The predicted octanol–water partition coefficient (Wildman–Crippen LogP) is 1.45. The van der Waals surface area contributed by atoms with Gasteiger partial charge in [0.1, 0.15) is 17.6 Å². The second-order valence-corrected chi connectivity index (χ2v) is 8.30. The second kappa shape index (κ2) is 5.14. The van der Waals surface area contributed by atoms with Crippen LogP contribution in [0.25, 0.3) is 10.2 Å². The fraction of sp³-hybridized carbons (Fsp3) is 0.529. The molecule has 25 heavy (non-hydrogen) atoms. The number of nitrogens with zero attached hydrogens (tertiary/aromatic N) is 4. The van der Waals surface area contributed by atoms with Gasteiger partial charge in [-0.25, -0.2) is 9.97 Å². The number of rotatable bonds is 4. The predicted molar refractivity (Wildman–Crippen MR) is 92.5 cm³/mol. The fourth-order valence-electron chi connectivity index (χ4n) is 4.24. The number of aromatic nitrogens is 2. The summed E-state index contributed by atoms with van der Waals surface area (Å²) < 4.78 is 0.949. The van der Waals surface area contributed by atoms with Crippen LogP contribution in [0.1, 0.15) is 12.8 Å². The molecule has 1 amide bonds. The zero-order chi connectivity index (χ0) is 17.2. The highest BCUT2D eigenvalue weighted by Crippen LogP contribution is 2.47. The van der Waals surface area contributed by atoms with E-state index in [4.69, 9.17) is 0 Å². The third kappa shape index (κ3) is 2.16. The molecule has 2 aromatic heterocycles. The van der Waals surface area contributed by atoms with Crippen molar-refractivity contribution in [1.29, 1.82) is 0 Å². The average Bonchev–Trinajstić information content (AvgIpc) is 3.04. The number of carboxylic acid groups (broad SMARTS) is 1. The van der Waals surface area contributed by atoms with Crippen molar-refractivity contribution < 1.29 is 14.7 Å². The molecule has 2 aliphatic heterocycles. The number of fused-ring (bicyclic) bond motifs is 2. The number of thiophene rings is 1. The summed E-state index contributed by atoms with van der Waals surface area (Å²) in [5, 5.41) is 11.9. The van der Waals surface area contributed by atoms with Crippen molar-refractivity contribution in [1.82, 2.24) is 14.9 Å². The quantitative estimate of drug-likeness (QED) is 0.890. The van der Waals surface area contributed by atoms with Crippen molar-refractivity contribution in [2.24, 2.45) is 17.3 Å². The largest absolute Gasteiger partial charge is 0.481 e. The van der Waals surface area contributed by atoms with E-state index in [0.717, 1.165) is 28.9 Å². The van der Waals surface area contributed by atoms with Crippen LogP contribution in [0.15, 0.2) is 17.8 Å². The van der Waals surface area contributed by atoms with Crippen LogP contribution in [0, 0.1) is 17.3 Å². The maximum Gasteiger partial charge on any atom is 0.314 e. The van der Waals surface area contributed by atoms with E-state index in [9.17, 15) is 14.7 Å². The molecule has 3 fully saturated rings. The highest BCUT2D eigenvalue weighted by molar-refractivity contribution is 7.17. The zero-order valence-electron chi connectivity index (χ0n) is 13.6. The van der Waals surface area contributed by atoms with Crippen molar-refractivity contribution in [2.75, 3.05) is 31.1 Å². The Hall–Kier alpha value is -2.22. The zero-order valence-corrected chi connectivity index (χ0v) is 14.4. The third-order valence-corrected chi connectivity index (χ3v) is 6.65. The van der Waals surface area contributed by atoms with Gasteiger partial charge in [0.15, 0.2) is 0 Å². The van der Waals surface area contributed by atoms with Gasteiger partial charge in [-0.1, -0.05) is 0 Å². The van der Waals surface area contributed by atoms with Gasteiger partial charge in [-0.05, 0) is 30.2 Å². The lowest BCUT2D eigenvalue weighted by Gasteiger charge is -2.26. The molecule has 1 N–H and O–H groups in total. The number of carbonyl (C=O) groups excluding carboxylic acids is 1. The summed E-state index contributed by atoms with van der Waals surface area (Å²) in [5.41, 5.74) is -0.168. The molecule has 1 saturated carbocycles. The van der Waals surface area contributed by atoms with E-state index in [1.54, 1.807) is 16.2 Å². The first-order chi connectivity index (χ1) is 12.1. The molecule has 4 heterocycles. The van der Waals surface area contributed by atoms with Crippen molar-refractivity contribution in [2.45, 2.75) is 12.8 Å². The van der Waals surface area contributed by atoms with Crippen molar-refractivity contribution in [3.05, 3.63) is 17.8 Å². The molecule has 2 atom stereocenters. The van der Waals surface area contributed by atoms with Gasteiger partial charge >= 0.3 is 5.97 Å². The number of aliphatic carboxylic acids is 1. The number of carboxylic acids is 1. The molecule has 0 aromatic carbocycles. The summed E-state index contributed by atoms with van der Waals surface area (Å²) in [6, 6.07) is 1.93. The van der Waals surface area contributed by atoms with Crippen LogP contribution in [-0.2, 0) is 9.59 Å². The summed E-state index contributed by atoms with van der Waals surface area (Å²) in [5.74, 6) is -0.0564. The molecule has 0 radical (unpaired) electrons. The van der Waals surface area contributed by atoms with Crippen LogP contribution >= 0.6 is 11.3 Å². The molecule has 2 aromatic rings. The van der Waals surface area contributed by atoms with E-state index in [-0.39, 0.29) is 5.91 Å². The third-order valence-electron chi connectivity index (χ3n) is 5.75. The first-order valence-electron chi connectivity index (χ1n) is 8.54. The van der Waals surface area contributed by atoms with Gasteiger partial charge in [-0.3, -0.25) is 9.59 Å². The Bertz CT molecular complexity index is 880. The number of likely N-dealkylation sites (tertiary alicyclic amines) is 1. The molecule has 5 rings (SSSR count). The smallest absolute Gasteiger partial charge is 0.314 e. The molecule has 0 bridgehead atoms. The first kappa shape index (κ1) is 15.1. The lowest BCUT2D eigenvalue weighted by atomic mass is 9.81. The van der Waals surface area contributed by atoms with E-state index in [1.165, 1.54) is 6.33 Å². The summed E-state index contributed by atoms with van der Waals surface area (Å²) >= 11 is 1.54. The van der Waals surface area contributed by atoms with Gasteiger partial charge in [0.05, 0.1) is 16.1 Å². The van der Waals surface area contributed by atoms with E-state index in [1.807, 2.05) is 16.3 Å². The number of anilines is 1. The van der Waals surface area contributed by atoms with E-state index in [0.29, 0.717) is 32.1 Å². The minimum Gasteiger partial charge on any atom is -0.481 e. The lowest BCUT2D eigenvalue weighted by molar-refractivity contribution is -0.149. The highest BCUT2D eigenvalue weighted by Gasteiger charge is 2.62. The van der Waals surface area contributed by atoms with Gasteiger partial charge in [-0.2, -0.15) is 0 Å². The second-order valence-electron chi connectivity index (χ2n) is 7.39. The number of hydrogen-bond acceptors (Lipinski definition) is 6. The number of hydrogen-bond donors (Lipinski definition) is 1. The molecular formula is C17H18N4O3S. The van der Waals surface area contributed by atoms with Crippen LogP contribution in [0.4, 0.5) is 5.82 Å². The standard InChI is InChI=1S/C17H18N4O3S/c22-15-11-6-20(14-13-12(3-4-25-13)18-9-19-14)7-17(11,16(23)24)8-21(15)5-10-1-2-10/h3-4,9-11H,1-2,5-8H2,(H,23,24)/t11-,17-/m0/s1. The SMILES string of the molecule is O=C1[C@@H]2CN(c3ncnc4ccsc34)C[C@]2(C(=O)O)CN1CC1CC1. The minimum absolute atomic E-state index is 0.00622. The Labute approximate surface area is 148 Å². The molecule has 8 heteroatoms.